The van der Waals surface area contributed by atoms with Crippen LogP contribution < -0.4 is 5.56 Å². The molecule has 0 saturated heterocycles. The fraction of sp³-hybridized carbons (Fsp3) is 0.350. The summed E-state index contributed by atoms with van der Waals surface area (Å²) in [6.07, 6.45) is 5.46. The fourth-order valence-corrected chi connectivity index (χ4v) is 3.37. The van der Waals surface area contributed by atoms with E-state index in [1.807, 2.05) is 42.2 Å². The number of para-hydroxylation sites is 1. The smallest absolute Gasteiger partial charge is 0.261 e. The number of fused-ring (bicyclic) bond motifs is 1. The maximum atomic E-state index is 12.9. The predicted molar refractivity (Wildman–Crippen MR) is 97.6 cm³/mol. The Balaban J connectivity index is 1.51. The average Bonchev–Trinajstić information content (AvgIpc) is 3.32. The molecule has 0 aliphatic heterocycles. The summed E-state index contributed by atoms with van der Waals surface area (Å²) in [6, 6.07) is 11.1. The summed E-state index contributed by atoms with van der Waals surface area (Å²) in [5.41, 5.74) is 0.562. The van der Waals surface area contributed by atoms with Gasteiger partial charge in [0.1, 0.15) is 5.76 Å². The van der Waals surface area contributed by atoms with Crippen molar-refractivity contribution in [1.82, 2.24) is 14.5 Å². The number of aryl methyl sites for hydroxylation is 1. The Morgan fingerprint density at radius 1 is 1.31 bits per heavy atom. The van der Waals surface area contributed by atoms with Crippen LogP contribution in [0.15, 0.2) is 58.2 Å². The number of nitrogens with zero attached hydrogens (tertiary/aromatic N) is 3. The molecule has 134 valence electrons. The van der Waals surface area contributed by atoms with Gasteiger partial charge in [-0.3, -0.25) is 14.2 Å². The van der Waals surface area contributed by atoms with Crippen molar-refractivity contribution in [1.29, 1.82) is 0 Å². The zero-order chi connectivity index (χ0) is 18.1. The highest BCUT2D eigenvalue weighted by Gasteiger charge is 2.36. The van der Waals surface area contributed by atoms with Gasteiger partial charge in [0.05, 0.1) is 29.5 Å². The van der Waals surface area contributed by atoms with Crippen LogP contribution in [0, 0.1) is 0 Å². The van der Waals surface area contributed by atoms with Gasteiger partial charge in [-0.2, -0.15) is 0 Å². The van der Waals surface area contributed by atoms with Crippen LogP contribution >= 0.6 is 0 Å². The van der Waals surface area contributed by atoms with E-state index < -0.39 is 0 Å². The molecule has 1 aliphatic rings. The lowest BCUT2D eigenvalue weighted by Gasteiger charge is -2.28. The number of rotatable bonds is 6. The highest BCUT2D eigenvalue weighted by molar-refractivity contribution is 5.78. The van der Waals surface area contributed by atoms with Crippen molar-refractivity contribution in [3.05, 3.63) is 65.1 Å². The van der Waals surface area contributed by atoms with E-state index >= 15 is 0 Å². The van der Waals surface area contributed by atoms with Crippen molar-refractivity contribution in [3.63, 3.8) is 0 Å². The first kappa shape index (κ1) is 16.6. The summed E-state index contributed by atoms with van der Waals surface area (Å²) in [5.74, 6) is 0.825. The molecule has 1 unspecified atom stereocenters. The zero-order valence-corrected chi connectivity index (χ0v) is 14.7. The van der Waals surface area contributed by atoms with Crippen LogP contribution in [0.1, 0.15) is 38.0 Å². The Morgan fingerprint density at radius 3 is 2.85 bits per heavy atom. The first-order valence-corrected chi connectivity index (χ1v) is 8.94. The van der Waals surface area contributed by atoms with Crippen molar-refractivity contribution in [2.75, 3.05) is 0 Å². The second kappa shape index (κ2) is 6.78. The number of hydrogen-bond acceptors (Lipinski definition) is 4. The molecule has 1 amide bonds. The fourth-order valence-electron chi connectivity index (χ4n) is 3.37. The molecular weight excluding hydrogens is 330 g/mol. The maximum absolute atomic E-state index is 12.9. The Bertz CT molecular complexity index is 973. The van der Waals surface area contributed by atoms with Crippen molar-refractivity contribution < 1.29 is 9.21 Å². The van der Waals surface area contributed by atoms with Gasteiger partial charge in [-0.15, -0.1) is 0 Å². The number of hydrogen-bond donors (Lipinski definition) is 0. The molecule has 1 aromatic carbocycles. The molecular formula is C20H21N3O3. The molecule has 1 fully saturated rings. The van der Waals surface area contributed by atoms with E-state index in [4.69, 9.17) is 4.42 Å². The third kappa shape index (κ3) is 3.14. The van der Waals surface area contributed by atoms with E-state index in [-0.39, 0.29) is 30.0 Å². The van der Waals surface area contributed by atoms with Gasteiger partial charge in [-0.05, 0) is 44.0 Å². The maximum Gasteiger partial charge on any atom is 0.261 e. The number of benzene rings is 1. The Hall–Kier alpha value is -2.89. The Morgan fingerprint density at radius 2 is 2.12 bits per heavy atom. The van der Waals surface area contributed by atoms with Crippen LogP contribution in [0.5, 0.6) is 0 Å². The molecule has 0 spiro atoms. The summed E-state index contributed by atoms with van der Waals surface area (Å²) >= 11 is 0. The minimum absolute atomic E-state index is 0.0384. The zero-order valence-electron chi connectivity index (χ0n) is 14.7. The largest absolute Gasteiger partial charge is 0.467 e. The van der Waals surface area contributed by atoms with E-state index in [1.54, 1.807) is 12.3 Å². The van der Waals surface area contributed by atoms with Gasteiger partial charge in [0, 0.05) is 19.0 Å². The van der Waals surface area contributed by atoms with Gasteiger partial charge in [0.25, 0.3) is 5.56 Å². The molecule has 1 atom stereocenters. The molecule has 2 aromatic heterocycles. The summed E-state index contributed by atoms with van der Waals surface area (Å²) < 4.78 is 6.99. The van der Waals surface area contributed by atoms with Crippen molar-refractivity contribution in [3.8, 4) is 0 Å². The van der Waals surface area contributed by atoms with E-state index in [1.165, 1.54) is 10.9 Å². The van der Waals surface area contributed by atoms with Crippen LogP contribution in [-0.4, -0.2) is 26.4 Å². The lowest BCUT2D eigenvalue weighted by atomic mass is 10.2. The predicted octanol–water partition coefficient (Wildman–Crippen LogP) is 3.13. The molecule has 0 radical (unpaired) electrons. The van der Waals surface area contributed by atoms with Gasteiger partial charge in [-0.1, -0.05) is 12.1 Å². The first-order chi connectivity index (χ1) is 12.6. The number of carbonyl (C=O) groups is 1. The quantitative estimate of drug-likeness (QED) is 0.684. The van der Waals surface area contributed by atoms with Gasteiger partial charge < -0.3 is 9.32 Å². The molecule has 6 nitrogen and oxygen atoms in total. The van der Waals surface area contributed by atoms with Crippen LogP contribution in [0.4, 0.5) is 0 Å². The molecule has 3 aromatic rings. The highest BCUT2D eigenvalue weighted by Crippen LogP contribution is 2.35. The average molecular weight is 351 g/mol. The van der Waals surface area contributed by atoms with Gasteiger partial charge in [0.15, 0.2) is 0 Å². The molecule has 0 N–H and O–H groups in total. The number of aromatic nitrogens is 2. The topological polar surface area (TPSA) is 68.3 Å². The molecule has 0 bridgehead atoms. The third-order valence-electron chi connectivity index (χ3n) is 4.90. The van der Waals surface area contributed by atoms with E-state index in [2.05, 4.69) is 4.98 Å². The van der Waals surface area contributed by atoms with Crippen molar-refractivity contribution in [2.24, 2.45) is 0 Å². The molecule has 2 heterocycles. The van der Waals surface area contributed by atoms with Crippen LogP contribution in [0.25, 0.3) is 10.9 Å². The van der Waals surface area contributed by atoms with Gasteiger partial charge in [0.2, 0.25) is 5.91 Å². The lowest BCUT2D eigenvalue weighted by molar-refractivity contribution is -0.134. The third-order valence-corrected chi connectivity index (χ3v) is 4.90. The summed E-state index contributed by atoms with van der Waals surface area (Å²) in [5, 5.41) is 0.574. The van der Waals surface area contributed by atoms with Crippen LogP contribution in [0.2, 0.25) is 0 Å². The normalized spacial score (nSPS) is 15.1. The van der Waals surface area contributed by atoms with Gasteiger partial charge >= 0.3 is 0 Å². The second-order valence-corrected chi connectivity index (χ2v) is 6.73. The number of amides is 1. The lowest BCUT2D eigenvalue weighted by Crippen LogP contribution is -2.36. The summed E-state index contributed by atoms with van der Waals surface area (Å²) in [6.45, 7) is 2.31. The van der Waals surface area contributed by atoms with Crippen molar-refractivity contribution >= 4 is 16.8 Å². The number of furan rings is 1. The number of carbonyl (C=O) groups excluding carboxylic acids is 1. The molecule has 1 saturated carbocycles. The monoisotopic (exact) mass is 351 g/mol. The first-order valence-electron chi connectivity index (χ1n) is 8.94. The Labute approximate surface area is 151 Å². The SMILES string of the molecule is CC(c1ccco1)N(C(=O)CCn1cnc2ccccc2c1=O)C1CC1. The van der Waals surface area contributed by atoms with Crippen LogP contribution in [-0.2, 0) is 11.3 Å². The molecule has 6 heteroatoms. The van der Waals surface area contributed by atoms with E-state index in [0.717, 1.165) is 18.6 Å². The standard InChI is InChI=1S/C20H21N3O3/c1-14(18-7-4-12-26-18)23(15-8-9-15)19(24)10-11-22-13-21-17-6-3-2-5-16(17)20(22)25/h2-7,12-15H,8-11H2,1H3. The molecule has 1 aliphatic carbocycles. The summed E-state index contributed by atoms with van der Waals surface area (Å²) in [4.78, 5) is 31.6. The van der Waals surface area contributed by atoms with Crippen molar-refractivity contribution in [2.45, 2.75) is 44.8 Å². The highest BCUT2D eigenvalue weighted by atomic mass is 16.3. The Kier molecular flexibility index (Phi) is 4.32. The molecule has 4 rings (SSSR count). The van der Waals surface area contributed by atoms with Crippen LogP contribution in [0.3, 0.4) is 0 Å². The minimum atomic E-state index is -0.111. The van der Waals surface area contributed by atoms with E-state index in [9.17, 15) is 9.59 Å². The van der Waals surface area contributed by atoms with E-state index in [0.29, 0.717) is 17.4 Å². The summed E-state index contributed by atoms with van der Waals surface area (Å²) in [7, 11) is 0. The minimum Gasteiger partial charge on any atom is -0.467 e. The second-order valence-electron chi connectivity index (χ2n) is 6.73. The molecule has 26 heavy (non-hydrogen) atoms. The van der Waals surface area contributed by atoms with Gasteiger partial charge in [-0.25, -0.2) is 4.98 Å².